The first-order valence-corrected chi connectivity index (χ1v) is 6.24. The quantitative estimate of drug-likeness (QED) is 0.568. The molecule has 106 valence electrons. The van der Waals surface area contributed by atoms with Gasteiger partial charge in [-0.05, 0) is 0 Å². The highest BCUT2D eigenvalue weighted by Crippen LogP contribution is 2.60. The SMILES string of the molecule is O=C1c2ccccc2[C@@]2(O)Oc3cc(O)cc(O)c3[C@@]12O. The average Bonchev–Trinajstić information content (AvgIpc) is 2.75. The highest BCUT2D eigenvalue weighted by molar-refractivity contribution is 6.10. The number of phenols is 2. The molecule has 0 saturated heterocycles. The van der Waals surface area contributed by atoms with Crippen molar-refractivity contribution >= 4 is 5.78 Å². The average molecular weight is 286 g/mol. The molecular formula is C15H10O6. The van der Waals surface area contributed by atoms with Crippen molar-refractivity contribution in [3.63, 3.8) is 0 Å². The first-order valence-electron chi connectivity index (χ1n) is 6.24. The number of hydrogen-bond acceptors (Lipinski definition) is 6. The topological polar surface area (TPSA) is 107 Å². The molecule has 0 bridgehead atoms. The van der Waals surface area contributed by atoms with Crippen molar-refractivity contribution in [2.75, 3.05) is 0 Å². The molecule has 0 radical (unpaired) electrons. The smallest absolute Gasteiger partial charge is 0.277 e. The van der Waals surface area contributed by atoms with Crippen molar-refractivity contribution in [2.45, 2.75) is 11.4 Å². The zero-order valence-corrected chi connectivity index (χ0v) is 10.6. The van der Waals surface area contributed by atoms with Gasteiger partial charge >= 0.3 is 0 Å². The largest absolute Gasteiger partial charge is 0.508 e. The molecule has 4 rings (SSSR count). The summed E-state index contributed by atoms with van der Waals surface area (Å²) >= 11 is 0. The molecule has 2 aliphatic rings. The second-order valence-electron chi connectivity index (χ2n) is 5.17. The molecule has 1 heterocycles. The molecule has 4 N–H and O–H groups in total. The maximum absolute atomic E-state index is 12.5. The molecule has 1 aliphatic carbocycles. The molecule has 0 spiro atoms. The van der Waals surface area contributed by atoms with E-state index in [4.69, 9.17) is 4.74 Å². The van der Waals surface area contributed by atoms with E-state index in [0.29, 0.717) is 0 Å². The van der Waals surface area contributed by atoms with Crippen LogP contribution in [0.15, 0.2) is 36.4 Å². The Balaban J connectivity index is 2.08. The number of rotatable bonds is 0. The van der Waals surface area contributed by atoms with Gasteiger partial charge in [-0.15, -0.1) is 0 Å². The minimum Gasteiger partial charge on any atom is -0.508 e. The highest BCUT2D eigenvalue weighted by atomic mass is 16.7. The van der Waals surface area contributed by atoms with Gasteiger partial charge in [0.1, 0.15) is 17.2 Å². The molecule has 0 saturated carbocycles. The summed E-state index contributed by atoms with van der Waals surface area (Å²) in [5, 5.41) is 41.1. The second kappa shape index (κ2) is 3.36. The Morgan fingerprint density at radius 2 is 1.76 bits per heavy atom. The van der Waals surface area contributed by atoms with Gasteiger partial charge in [-0.2, -0.15) is 0 Å². The lowest BCUT2D eigenvalue weighted by Crippen LogP contribution is -2.48. The van der Waals surface area contributed by atoms with Gasteiger partial charge in [0.15, 0.2) is 0 Å². The van der Waals surface area contributed by atoms with Crippen LogP contribution < -0.4 is 4.74 Å². The van der Waals surface area contributed by atoms with E-state index >= 15 is 0 Å². The Morgan fingerprint density at radius 1 is 1.05 bits per heavy atom. The first-order chi connectivity index (χ1) is 9.89. The third-order valence-corrected chi connectivity index (χ3v) is 4.04. The number of carbonyl (C=O) groups excluding carboxylic acids is 1. The predicted molar refractivity (Wildman–Crippen MR) is 69.0 cm³/mol. The number of ether oxygens (including phenoxy) is 1. The van der Waals surface area contributed by atoms with Crippen molar-refractivity contribution in [1.82, 2.24) is 0 Å². The van der Waals surface area contributed by atoms with Crippen molar-refractivity contribution in [3.8, 4) is 17.2 Å². The summed E-state index contributed by atoms with van der Waals surface area (Å²) in [4.78, 5) is 12.5. The van der Waals surface area contributed by atoms with E-state index in [1.54, 1.807) is 12.1 Å². The van der Waals surface area contributed by atoms with E-state index in [0.717, 1.165) is 12.1 Å². The van der Waals surface area contributed by atoms with Crippen LogP contribution in [-0.2, 0) is 11.4 Å². The van der Waals surface area contributed by atoms with Gasteiger partial charge in [0.05, 0.1) is 5.56 Å². The number of hydrogen-bond donors (Lipinski definition) is 4. The fraction of sp³-hybridized carbons (Fsp3) is 0.133. The monoisotopic (exact) mass is 286 g/mol. The molecule has 6 nitrogen and oxygen atoms in total. The van der Waals surface area contributed by atoms with Crippen LogP contribution >= 0.6 is 0 Å². The van der Waals surface area contributed by atoms with Crippen LogP contribution in [0, 0.1) is 0 Å². The number of Topliss-reactive ketones (excluding diaryl/α,β-unsaturated/α-hetero) is 1. The number of aromatic hydroxyl groups is 2. The van der Waals surface area contributed by atoms with Gasteiger partial charge < -0.3 is 25.2 Å². The summed E-state index contributed by atoms with van der Waals surface area (Å²) in [6, 6.07) is 8.23. The van der Waals surface area contributed by atoms with Gasteiger partial charge in [0.25, 0.3) is 5.79 Å². The summed E-state index contributed by atoms with van der Waals surface area (Å²) in [5.41, 5.74) is -2.44. The minimum atomic E-state index is -2.44. The molecule has 2 aromatic rings. The zero-order valence-electron chi connectivity index (χ0n) is 10.6. The number of aliphatic hydroxyl groups is 2. The molecule has 0 aromatic heterocycles. The predicted octanol–water partition coefficient (Wildman–Crippen LogP) is 0.719. The van der Waals surface area contributed by atoms with Gasteiger partial charge in [0, 0.05) is 23.3 Å². The summed E-state index contributed by atoms with van der Waals surface area (Å²) in [6.45, 7) is 0. The zero-order chi connectivity index (χ0) is 15.0. The molecule has 21 heavy (non-hydrogen) atoms. The lowest BCUT2D eigenvalue weighted by atomic mass is 9.86. The van der Waals surface area contributed by atoms with E-state index < -0.39 is 22.9 Å². The van der Waals surface area contributed by atoms with Crippen LogP contribution in [0.2, 0.25) is 0 Å². The van der Waals surface area contributed by atoms with Crippen LogP contribution in [0.4, 0.5) is 0 Å². The summed E-state index contributed by atoms with van der Waals surface area (Å²) < 4.78 is 5.34. The molecule has 0 amide bonds. The standard InChI is InChI=1S/C15H10O6/c16-7-5-10(17)12-11(6-7)21-15(20)9-4-2-1-3-8(9)13(18)14(12,15)19/h1-6,16-17,19-20H/t14-,15-/m1/s1. The fourth-order valence-electron chi connectivity index (χ4n) is 3.12. The Bertz CT molecular complexity index is 814. The van der Waals surface area contributed by atoms with Crippen LogP contribution in [-0.4, -0.2) is 26.2 Å². The number of ketones is 1. The van der Waals surface area contributed by atoms with Gasteiger partial charge in [-0.3, -0.25) is 4.79 Å². The van der Waals surface area contributed by atoms with Gasteiger partial charge in [-0.1, -0.05) is 24.3 Å². The second-order valence-corrected chi connectivity index (χ2v) is 5.17. The van der Waals surface area contributed by atoms with E-state index in [2.05, 4.69) is 0 Å². The van der Waals surface area contributed by atoms with E-state index in [-0.39, 0.29) is 28.2 Å². The molecule has 0 unspecified atom stereocenters. The number of phenolic OH excluding ortho intramolecular Hbond substituents is 2. The summed E-state index contributed by atoms with van der Waals surface area (Å²) in [7, 11) is 0. The van der Waals surface area contributed by atoms with Gasteiger partial charge in [-0.25, -0.2) is 0 Å². The molecule has 1 aliphatic heterocycles. The Kier molecular flexibility index (Phi) is 1.95. The Morgan fingerprint density at radius 3 is 2.52 bits per heavy atom. The molecule has 6 heteroatoms. The van der Waals surface area contributed by atoms with E-state index in [1.165, 1.54) is 12.1 Å². The van der Waals surface area contributed by atoms with Crippen molar-refractivity contribution in [3.05, 3.63) is 53.1 Å². The van der Waals surface area contributed by atoms with Crippen LogP contribution in [0.1, 0.15) is 21.5 Å². The lowest BCUT2D eigenvalue weighted by Gasteiger charge is -2.28. The molecule has 2 atom stereocenters. The number of fused-ring (bicyclic) bond motifs is 5. The van der Waals surface area contributed by atoms with Crippen LogP contribution in [0.5, 0.6) is 17.2 Å². The first kappa shape index (κ1) is 12.2. The third kappa shape index (κ3) is 1.14. The van der Waals surface area contributed by atoms with Crippen LogP contribution in [0.3, 0.4) is 0 Å². The number of carbonyl (C=O) groups is 1. The Hall–Kier alpha value is -2.57. The highest BCUT2D eigenvalue weighted by Gasteiger charge is 2.71. The fourth-order valence-corrected chi connectivity index (χ4v) is 3.12. The maximum Gasteiger partial charge on any atom is 0.277 e. The van der Waals surface area contributed by atoms with Crippen LogP contribution in [0.25, 0.3) is 0 Å². The molecular weight excluding hydrogens is 276 g/mol. The normalized spacial score (nSPS) is 28.8. The minimum absolute atomic E-state index is 0.118. The molecule has 0 fully saturated rings. The maximum atomic E-state index is 12.5. The molecule has 2 aromatic carbocycles. The van der Waals surface area contributed by atoms with Crippen molar-refractivity contribution < 1.29 is 30.0 Å². The van der Waals surface area contributed by atoms with E-state index in [9.17, 15) is 25.2 Å². The lowest BCUT2D eigenvalue weighted by molar-refractivity contribution is -0.224. The number of benzene rings is 2. The van der Waals surface area contributed by atoms with Crippen molar-refractivity contribution in [1.29, 1.82) is 0 Å². The summed E-state index contributed by atoms with van der Waals surface area (Å²) in [5.74, 6) is -4.06. The van der Waals surface area contributed by atoms with Crippen molar-refractivity contribution in [2.24, 2.45) is 0 Å². The third-order valence-electron chi connectivity index (χ3n) is 4.04. The van der Waals surface area contributed by atoms with Gasteiger partial charge in [0.2, 0.25) is 11.4 Å². The summed E-state index contributed by atoms with van der Waals surface area (Å²) in [6.07, 6.45) is 0. The Labute approximate surface area is 118 Å². The van der Waals surface area contributed by atoms with E-state index in [1.807, 2.05) is 0 Å².